The molecule has 0 fully saturated rings. The summed E-state index contributed by atoms with van der Waals surface area (Å²) in [6, 6.07) is 0. The van der Waals surface area contributed by atoms with Gasteiger partial charge in [0.1, 0.15) is 4.34 Å². The topological polar surface area (TPSA) is 31.7 Å². The van der Waals surface area contributed by atoms with E-state index in [0.717, 1.165) is 29.0 Å². The van der Waals surface area contributed by atoms with Crippen LogP contribution in [0.2, 0.25) is 0 Å². The number of hydrogen-bond acceptors (Lipinski definition) is 4. The van der Waals surface area contributed by atoms with Crippen molar-refractivity contribution in [3.8, 4) is 0 Å². The Kier molecular flexibility index (Phi) is 6.36. The van der Waals surface area contributed by atoms with E-state index in [4.69, 9.17) is 0 Å². The molecular formula is C11H20N4S2. The van der Waals surface area contributed by atoms with Crippen molar-refractivity contribution in [3.63, 3.8) is 0 Å². The molecule has 0 amide bonds. The third-order valence-corrected chi connectivity index (χ3v) is 4.04. The number of thioether (sulfide) groups is 1. The van der Waals surface area contributed by atoms with E-state index in [0.29, 0.717) is 0 Å². The third kappa shape index (κ3) is 5.41. The minimum Gasteiger partial charge on any atom is -0.349 e. The first-order chi connectivity index (χ1) is 8.11. The first-order valence-corrected chi connectivity index (χ1v) is 7.39. The molecule has 1 aromatic heterocycles. The lowest BCUT2D eigenvalue weighted by Crippen LogP contribution is -2.35. The summed E-state index contributed by atoms with van der Waals surface area (Å²) < 4.78 is 1.15. The van der Waals surface area contributed by atoms with Gasteiger partial charge in [0.05, 0.1) is 0 Å². The van der Waals surface area contributed by atoms with Crippen molar-refractivity contribution in [1.82, 2.24) is 14.8 Å². The second-order valence-corrected chi connectivity index (χ2v) is 6.21. The molecule has 0 unspecified atom stereocenters. The van der Waals surface area contributed by atoms with E-state index in [1.807, 2.05) is 49.6 Å². The molecule has 1 heterocycles. The van der Waals surface area contributed by atoms with E-state index in [1.54, 1.807) is 23.1 Å². The van der Waals surface area contributed by atoms with E-state index >= 15 is 0 Å². The predicted octanol–water partition coefficient (Wildman–Crippen LogP) is 2.10. The van der Waals surface area contributed by atoms with Gasteiger partial charge in [-0.3, -0.25) is 4.99 Å². The zero-order valence-corrected chi connectivity index (χ0v) is 12.5. The Bertz CT molecular complexity index is 323. The Morgan fingerprint density at radius 2 is 2.06 bits per heavy atom. The standard InChI is InChI=1S/C11H20N4S2/c1-14(2)10(15(3)4)12-6-5-8-16-11-13-7-9-17-11/h7,9H,5-6,8H2,1-4H3. The molecule has 0 aliphatic heterocycles. The number of aromatic nitrogens is 1. The molecule has 0 aliphatic carbocycles. The van der Waals surface area contributed by atoms with Gasteiger partial charge >= 0.3 is 0 Å². The highest BCUT2D eigenvalue weighted by Crippen LogP contribution is 2.20. The van der Waals surface area contributed by atoms with Gasteiger partial charge in [-0.25, -0.2) is 4.98 Å². The van der Waals surface area contributed by atoms with Crippen molar-refractivity contribution >= 4 is 29.1 Å². The monoisotopic (exact) mass is 272 g/mol. The van der Waals surface area contributed by atoms with Crippen molar-refractivity contribution in [2.24, 2.45) is 4.99 Å². The fraction of sp³-hybridized carbons (Fsp3) is 0.636. The Balaban J connectivity index is 2.24. The number of rotatable bonds is 5. The number of thiazole rings is 1. The summed E-state index contributed by atoms with van der Waals surface area (Å²) in [5.41, 5.74) is 0. The molecule has 96 valence electrons. The molecule has 0 N–H and O–H groups in total. The molecule has 0 saturated carbocycles. The van der Waals surface area contributed by atoms with Crippen molar-refractivity contribution in [2.45, 2.75) is 10.8 Å². The van der Waals surface area contributed by atoms with Gasteiger partial charge in [-0.15, -0.1) is 11.3 Å². The molecule has 6 heteroatoms. The van der Waals surface area contributed by atoms with Gasteiger partial charge in [0.15, 0.2) is 5.96 Å². The lowest BCUT2D eigenvalue weighted by Gasteiger charge is -2.22. The van der Waals surface area contributed by atoms with Crippen LogP contribution in [0.5, 0.6) is 0 Å². The van der Waals surface area contributed by atoms with E-state index in [1.165, 1.54) is 0 Å². The van der Waals surface area contributed by atoms with Crippen LogP contribution in [0.25, 0.3) is 0 Å². The summed E-state index contributed by atoms with van der Waals surface area (Å²) in [6.45, 7) is 0.865. The fourth-order valence-electron chi connectivity index (χ4n) is 1.37. The van der Waals surface area contributed by atoms with Gasteiger partial charge in [-0.2, -0.15) is 0 Å². The van der Waals surface area contributed by atoms with Gasteiger partial charge < -0.3 is 9.80 Å². The number of guanidine groups is 1. The first-order valence-electron chi connectivity index (χ1n) is 5.52. The van der Waals surface area contributed by atoms with Gasteiger partial charge in [0, 0.05) is 52.1 Å². The second-order valence-electron chi connectivity index (χ2n) is 3.97. The van der Waals surface area contributed by atoms with Crippen molar-refractivity contribution in [1.29, 1.82) is 0 Å². The van der Waals surface area contributed by atoms with Crippen LogP contribution < -0.4 is 0 Å². The lowest BCUT2D eigenvalue weighted by molar-refractivity contribution is 0.479. The maximum atomic E-state index is 4.58. The summed E-state index contributed by atoms with van der Waals surface area (Å²) in [7, 11) is 8.07. The molecule has 1 rings (SSSR count). The molecule has 0 spiro atoms. The van der Waals surface area contributed by atoms with Crippen LogP contribution in [0.15, 0.2) is 20.9 Å². The van der Waals surface area contributed by atoms with E-state index < -0.39 is 0 Å². The minimum absolute atomic E-state index is 0.865. The highest BCUT2D eigenvalue weighted by molar-refractivity contribution is 8.00. The highest BCUT2D eigenvalue weighted by Gasteiger charge is 2.03. The van der Waals surface area contributed by atoms with Gasteiger partial charge in [0.2, 0.25) is 0 Å². The van der Waals surface area contributed by atoms with E-state index in [2.05, 4.69) is 9.98 Å². The molecule has 0 aliphatic rings. The third-order valence-electron chi connectivity index (χ3n) is 1.99. The smallest absolute Gasteiger partial charge is 0.195 e. The molecule has 0 bridgehead atoms. The molecule has 17 heavy (non-hydrogen) atoms. The van der Waals surface area contributed by atoms with Crippen molar-refractivity contribution in [2.75, 3.05) is 40.5 Å². The fourth-order valence-corrected chi connectivity index (χ4v) is 3.00. The average molecular weight is 272 g/mol. The summed E-state index contributed by atoms with van der Waals surface area (Å²) in [5, 5.41) is 2.01. The summed E-state index contributed by atoms with van der Waals surface area (Å²) in [6.07, 6.45) is 2.93. The number of nitrogens with zero attached hydrogens (tertiary/aromatic N) is 4. The SMILES string of the molecule is CN(C)C(=NCCCSc1nccs1)N(C)C. The van der Waals surface area contributed by atoms with Crippen LogP contribution in [0.3, 0.4) is 0 Å². The molecule has 0 saturated heterocycles. The van der Waals surface area contributed by atoms with E-state index in [9.17, 15) is 0 Å². The quantitative estimate of drug-likeness (QED) is 0.356. The Hall–Kier alpha value is -0.750. The van der Waals surface area contributed by atoms with Gasteiger partial charge in [0.25, 0.3) is 0 Å². The zero-order valence-electron chi connectivity index (χ0n) is 10.9. The summed E-state index contributed by atoms with van der Waals surface area (Å²) in [5.74, 6) is 2.09. The molecule has 1 aromatic rings. The number of hydrogen-bond donors (Lipinski definition) is 0. The van der Waals surface area contributed by atoms with Crippen LogP contribution >= 0.6 is 23.1 Å². The molecule has 0 aromatic carbocycles. The van der Waals surface area contributed by atoms with Gasteiger partial charge in [-0.1, -0.05) is 11.8 Å². The molecule has 0 atom stereocenters. The van der Waals surface area contributed by atoms with Crippen LogP contribution in [-0.2, 0) is 0 Å². The number of aliphatic imine (C=N–C) groups is 1. The summed E-state index contributed by atoms with van der Waals surface area (Å²) >= 11 is 3.50. The lowest BCUT2D eigenvalue weighted by atomic mass is 10.5. The van der Waals surface area contributed by atoms with E-state index in [-0.39, 0.29) is 0 Å². The maximum Gasteiger partial charge on any atom is 0.195 e. The van der Waals surface area contributed by atoms with Crippen LogP contribution in [-0.4, -0.2) is 61.2 Å². The average Bonchev–Trinajstić information content (AvgIpc) is 2.74. The molecular weight excluding hydrogens is 252 g/mol. The largest absolute Gasteiger partial charge is 0.349 e. The van der Waals surface area contributed by atoms with Gasteiger partial charge in [-0.05, 0) is 6.42 Å². The Morgan fingerprint density at radius 1 is 1.35 bits per heavy atom. The predicted molar refractivity (Wildman–Crippen MR) is 77.1 cm³/mol. The minimum atomic E-state index is 0.865. The van der Waals surface area contributed by atoms with Crippen LogP contribution in [0.1, 0.15) is 6.42 Å². The highest BCUT2D eigenvalue weighted by atomic mass is 32.2. The van der Waals surface area contributed by atoms with Crippen molar-refractivity contribution < 1.29 is 0 Å². The first kappa shape index (κ1) is 14.3. The summed E-state index contributed by atoms with van der Waals surface area (Å²) in [4.78, 5) is 12.9. The maximum absolute atomic E-state index is 4.58. The molecule has 4 nitrogen and oxygen atoms in total. The van der Waals surface area contributed by atoms with Crippen LogP contribution in [0, 0.1) is 0 Å². The van der Waals surface area contributed by atoms with Crippen LogP contribution in [0.4, 0.5) is 0 Å². The molecule has 0 radical (unpaired) electrons. The Morgan fingerprint density at radius 3 is 2.59 bits per heavy atom. The Labute approximate surface area is 112 Å². The second kappa shape index (κ2) is 7.55. The van der Waals surface area contributed by atoms with Crippen molar-refractivity contribution in [3.05, 3.63) is 11.6 Å². The normalized spacial score (nSPS) is 10.1. The zero-order chi connectivity index (χ0) is 12.7.